The summed E-state index contributed by atoms with van der Waals surface area (Å²) in [5.41, 5.74) is 0.979. The Morgan fingerprint density at radius 3 is 2.38 bits per heavy atom. The molecule has 0 aliphatic heterocycles. The van der Waals surface area contributed by atoms with E-state index < -0.39 is 14.7 Å². The fourth-order valence-corrected chi connectivity index (χ4v) is 2.95. The zero-order valence-corrected chi connectivity index (χ0v) is 14.4. The van der Waals surface area contributed by atoms with Gasteiger partial charge in [-0.25, -0.2) is 8.42 Å². The maximum atomic E-state index is 12.1. The van der Waals surface area contributed by atoms with Crippen molar-refractivity contribution < 1.29 is 17.9 Å². The molecule has 0 aliphatic rings. The van der Waals surface area contributed by atoms with Crippen LogP contribution in [0.15, 0.2) is 17.0 Å². The largest absolute Gasteiger partial charge is 0.377 e. The zero-order chi connectivity index (χ0) is 16.4. The molecule has 1 aromatic rings. The van der Waals surface area contributed by atoms with Crippen molar-refractivity contribution in [3.8, 4) is 0 Å². The van der Waals surface area contributed by atoms with Gasteiger partial charge in [-0.1, -0.05) is 0 Å². The molecule has 5 nitrogen and oxygen atoms in total. The molecule has 0 aliphatic carbocycles. The molecule has 0 unspecified atom stereocenters. The Bertz CT molecular complexity index is 653. The zero-order valence-electron chi connectivity index (χ0n) is 12.8. The predicted molar refractivity (Wildman–Crippen MR) is 82.4 cm³/mol. The topological polar surface area (TPSA) is 72.5 Å². The van der Waals surface area contributed by atoms with E-state index in [4.69, 9.17) is 15.4 Å². The van der Waals surface area contributed by atoms with Crippen molar-refractivity contribution in [1.29, 1.82) is 0 Å². The fourth-order valence-electron chi connectivity index (χ4n) is 1.68. The number of methoxy groups -OCH3 is 1. The minimum absolute atomic E-state index is 0.0414. The van der Waals surface area contributed by atoms with Crippen molar-refractivity contribution in [2.24, 2.45) is 0 Å². The SMILES string of the molecule is COC(C)(C)CNC(=O)c1cc(C)c(C)c(S(=O)(=O)Cl)c1. The molecule has 118 valence electrons. The van der Waals surface area contributed by atoms with Gasteiger partial charge in [-0.3, -0.25) is 4.79 Å². The second kappa shape index (κ2) is 6.34. The lowest BCUT2D eigenvalue weighted by molar-refractivity contribution is 0.0228. The molecule has 7 heteroatoms. The molecule has 0 atom stereocenters. The number of hydrogen-bond donors (Lipinski definition) is 1. The van der Waals surface area contributed by atoms with E-state index in [-0.39, 0.29) is 16.4 Å². The lowest BCUT2D eigenvalue weighted by atomic mass is 10.1. The molecule has 0 saturated carbocycles. The smallest absolute Gasteiger partial charge is 0.261 e. The minimum Gasteiger partial charge on any atom is -0.377 e. The first kappa shape index (κ1) is 17.9. The van der Waals surface area contributed by atoms with Crippen molar-refractivity contribution in [3.05, 3.63) is 28.8 Å². The van der Waals surface area contributed by atoms with Gasteiger partial charge in [0.1, 0.15) is 0 Å². The number of hydrogen-bond acceptors (Lipinski definition) is 4. The predicted octanol–water partition coefficient (Wildman–Crippen LogP) is 2.39. The maximum absolute atomic E-state index is 12.1. The van der Waals surface area contributed by atoms with Crippen LogP contribution in [0, 0.1) is 13.8 Å². The summed E-state index contributed by atoms with van der Waals surface area (Å²) in [5, 5.41) is 2.71. The van der Waals surface area contributed by atoms with E-state index >= 15 is 0 Å². The van der Waals surface area contributed by atoms with Gasteiger partial charge in [-0.15, -0.1) is 0 Å². The van der Waals surface area contributed by atoms with Crippen molar-refractivity contribution >= 4 is 25.6 Å². The number of halogens is 1. The molecule has 0 saturated heterocycles. The van der Waals surface area contributed by atoms with Crippen molar-refractivity contribution in [3.63, 3.8) is 0 Å². The summed E-state index contributed by atoms with van der Waals surface area (Å²) >= 11 is 0. The first-order chi connectivity index (χ1) is 9.48. The number of aryl methyl sites for hydroxylation is 1. The summed E-state index contributed by atoms with van der Waals surface area (Å²) in [4.78, 5) is 12.1. The Labute approximate surface area is 130 Å². The van der Waals surface area contributed by atoms with Crippen LogP contribution in [0.4, 0.5) is 0 Å². The molecule has 0 heterocycles. The van der Waals surface area contributed by atoms with Crippen LogP contribution in [0.5, 0.6) is 0 Å². The Morgan fingerprint density at radius 2 is 1.90 bits per heavy atom. The Balaban J connectivity index is 3.10. The Morgan fingerprint density at radius 1 is 1.33 bits per heavy atom. The molecule has 1 aromatic carbocycles. The average Bonchev–Trinajstić information content (AvgIpc) is 2.37. The highest BCUT2D eigenvalue weighted by Gasteiger charge is 2.21. The number of ether oxygens (including phenoxy) is 1. The highest BCUT2D eigenvalue weighted by molar-refractivity contribution is 8.13. The summed E-state index contributed by atoms with van der Waals surface area (Å²) in [6, 6.07) is 2.93. The fraction of sp³-hybridized carbons (Fsp3) is 0.500. The van der Waals surface area contributed by atoms with Gasteiger partial charge in [0.2, 0.25) is 0 Å². The minimum atomic E-state index is -3.89. The van der Waals surface area contributed by atoms with Crippen LogP contribution in [0.1, 0.15) is 35.3 Å². The number of carbonyl (C=O) groups is 1. The monoisotopic (exact) mass is 333 g/mol. The van der Waals surface area contributed by atoms with Gasteiger partial charge in [-0.2, -0.15) is 0 Å². The normalized spacial score (nSPS) is 12.3. The van der Waals surface area contributed by atoms with E-state index in [2.05, 4.69) is 5.32 Å². The van der Waals surface area contributed by atoms with Crippen LogP contribution in [-0.2, 0) is 13.8 Å². The van der Waals surface area contributed by atoms with Crippen LogP contribution in [-0.4, -0.2) is 33.6 Å². The second-order valence-corrected chi connectivity index (χ2v) is 8.03. The van der Waals surface area contributed by atoms with E-state index in [9.17, 15) is 13.2 Å². The number of rotatable bonds is 5. The first-order valence-corrected chi connectivity index (χ1v) is 8.68. The molecule has 0 radical (unpaired) electrons. The van der Waals surface area contributed by atoms with Crippen molar-refractivity contribution in [2.45, 2.75) is 38.2 Å². The van der Waals surface area contributed by atoms with E-state index in [1.807, 2.05) is 13.8 Å². The third-order valence-corrected chi connectivity index (χ3v) is 4.82. The summed E-state index contributed by atoms with van der Waals surface area (Å²) in [5.74, 6) is -0.371. The molecule has 0 aromatic heterocycles. The summed E-state index contributed by atoms with van der Waals surface area (Å²) in [7, 11) is 3.07. The van der Waals surface area contributed by atoms with Gasteiger partial charge in [0.25, 0.3) is 15.0 Å². The lowest BCUT2D eigenvalue weighted by Crippen LogP contribution is -2.39. The van der Waals surface area contributed by atoms with E-state index in [0.717, 1.165) is 0 Å². The Hall–Kier alpha value is -1.11. The number of nitrogens with one attached hydrogen (secondary N) is 1. The number of amides is 1. The van der Waals surface area contributed by atoms with Crippen molar-refractivity contribution in [1.82, 2.24) is 5.32 Å². The molecule has 0 bridgehead atoms. The standard InChI is InChI=1S/C14H20ClNO4S/c1-9-6-11(7-12(10(9)2)21(15,18)19)13(17)16-8-14(3,4)20-5/h6-7H,8H2,1-5H3,(H,16,17). The van der Waals surface area contributed by atoms with Gasteiger partial charge < -0.3 is 10.1 Å². The van der Waals surface area contributed by atoms with Gasteiger partial charge in [0.05, 0.1) is 10.5 Å². The lowest BCUT2D eigenvalue weighted by Gasteiger charge is -2.23. The van der Waals surface area contributed by atoms with Crippen LogP contribution in [0.25, 0.3) is 0 Å². The van der Waals surface area contributed by atoms with Gasteiger partial charge in [0, 0.05) is 29.9 Å². The molecule has 21 heavy (non-hydrogen) atoms. The van der Waals surface area contributed by atoms with Crippen LogP contribution < -0.4 is 5.32 Å². The molecular formula is C14H20ClNO4S. The van der Waals surface area contributed by atoms with Gasteiger partial charge in [0.15, 0.2) is 0 Å². The molecule has 1 amide bonds. The highest BCUT2D eigenvalue weighted by Crippen LogP contribution is 2.24. The van der Waals surface area contributed by atoms with Crippen molar-refractivity contribution in [2.75, 3.05) is 13.7 Å². The second-order valence-electron chi connectivity index (χ2n) is 5.50. The van der Waals surface area contributed by atoms with Gasteiger partial charge in [-0.05, 0) is 51.0 Å². The average molecular weight is 334 g/mol. The molecular weight excluding hydrogens is 314 g/mol. The summed E-state index contributed by atoms with van der Waals surface area (Å²) < 4.78 is 28.3. The maximum Gasteiger partial charge on any atom is 0.261 e. The third-order valence-electron chi connectivity index (χ3n) is 3.37. The molecule has 1 N–H and O–H groups in total. The summed E-state index contributed by atoms with van der Waals surface area (Å²) in [6.45, 7) is 7.36. The third kappa shape index (κ3) is 4.69. The van der Waals surface area contributed by atoms with Crippen LogP contribution in [0.3, 0.4) is 0 Å². The van der Waals surface area contributed by atoms with Gasteiger partial charge >= 0.3 is 0 Å². The van der Waals surface area contributed by atoms with E-state index in [1.54, 1.807) is 27.0 Å². The quantitative estimate of drug-likeness (QED) is 0.840. The van der Waals surface area contributed by atoms with Crippen LogP contribution >= 0.6 is 10.7 Å². The first-order valence-electron chi connectivity index (χ1n) is 6.37. The number of benzene rings is 1. The van der Waals surface area contributed by atoms with E-state index in [0.29, 0.717) is 17.7 Å². The molecule has 1 rings (SSSR count). The van der Waals surface area contributed by atoms with Crippen LogP contribution in [0.2, 0.25) is 0 Å². The summed E-state index contributed by atoms with van der Waals surface area (Å²) in [6.07, 6.45) is 0. The van der Waals surface area contributed by atoms with E-state index in [1.165, 1.54) is 6.07 Å². The molecule has 0 spiro atoms. The number of carbonyl (C=O) groups excluding carboxylic acids is 1. The molecule has 0 fully saturated rings. The highest BCUT2D eigenvalue weighted by atomic mass is 35.7. The Kier molecular flexibility index (Phi) is 5.41.